The maximum atomic E-state index is 12.0. The molecule has 2 atom stereocenters. The molecule has 6 nitrogen and oxygen atoms in total. The zero-order valence-electron chi connectivity index (χ0n) is 12.3. The number of nitrogens with zero attached hydrogens (tertiary/aromatic N) is 1. The summed E-state index contributed by atoms with van der Waals surface area (Å²) in [4.78, 5) is 27.4. The maximum absolute atomic E-state index is 12.0. The van der Waals surface area contributed by atoms with E-state index in [0.29, 0.717) is 12.3 Å². The van der Waals surface area contributed by atoms with E-state index in [1.54, 1.807) is 19.1 Å². The molecule has 1 N–H and O–H groups in total. The molecule has 0 fully saturated rings. The van der Waals surface area contributed by atoms with Gasteiger partial charge in [-0.1, -0.05) is 12.1 Å². The molecule has 0 saturated heterocycles. The lowest BCUT2D eigenvalue weighted by Crippen LogP contribution is -2.44. The number of methoxy groups -OCH3 is 1. The van der Waals surface area contributed by atoms with E-state index in [9.17, 15) is 9.59 Å². The third-order valence-corrected chi connectivity index (χ3v) is 3.35. The number of rotatable bonds is 4. The summed E-state index contributed by atoms with van der Waals surface area (Å²) in [7, 11) is 1.32. The van der Waals surface area contributed by atoms with Gasteiger partial charge in [0.15, 0.2) is 0 Å². The molecule has 2 amide bonds. The number of esters is 1. The van der Waals surface area contributed by atoms with E-state index in [2.05, 4.69) is 10.3 Å². The molecular weight excluding hydrogens is 272 g/mol. The van der Waals surface area contributed by atoms with E-state index in [1.165, 1.54) is 7.11 Å². The van der Waals surface area contributed by atoms with Gasteiger partial charge in [-0.3, -0.25) is 4.79 Å². The Kier molecular flexibility index (Phi) is 4.57. The van der Waals surface area contributed by atoms with Crippen molar-refractivity contribution < 1.29 is 19.1 Å². The summed E-state index contributed by atoms with van der Waals surface area (Å²) in [6, 6.07) is 6.32. The van der Waals surface area contributed by atoms with Crippen LogP contribution < -0.4 is 10.1 Å². The van der Waals surface area contributed by atoms with Crippen molar-refractivity contribution in [3.8, 4) is 5.75 Å². The highest BCUT2D eigenvalue weighted by Gasteiger charge is 2.37. The van der Waals surface area contributed by atoms with E-state index < -0.39 is 24.0 Å². The first-order valence-electron chi connectivity index (χ1n) is 6.73. The van der Waals surface area contributed by atoms with Crippen molar-refractivity contribution in [3.05, 3.63) is 29.8 Å². The summed E-state index contributed by atoms with van der Waals surface area (Å²) in [6.45, 7) is 4.14. The predicted octanol–water partition coefficient (Wildman–Crippen LogP) is 2.10. The van der Waals surface area contributed by atoms with Crippen LogP contribution in [-0.4, -0.2) is 31.4 Å². The van der Waals surface area contributed by atoms with Crippen molar-refractivity contribution in [2.75, 3.05) is 13.7 Å². The van der Waals surface area contributed by atoms with Gasteiger partial charge in [0.1, 0.15) is 11.7 Å². The van der Waals surface area contributed by atoms with Gasteiger partial charge >= 0.3 is 12.0 Å². The highest BCUT2D eigenvalue weighted by molar-refractivity contribution is 6.08. The minimum Gasteiger partial charge on any atom is -0.494 e. The molecule has 6 heteroatoms. The summed E-state index contributed by atoms with van der Waals surface area (Å²) in [5.74, 6) is -0.302. The quantitative estimate of drug-likeness (QED) is 0.861. The lowest BCUT2D eigenvalue weighted by Gasteiger charge is -2.29. The van der Waals surface area contributed by atoms with Crippen LogP contribution in [0.25, 0.3) is 0 Å². The normalized spacial score (nSPS) is 21.3. The number of hydrogen-bond donors (Lipinski definition) is 1. The minimum absolute atomic E-state index is 0.421. The van der Waals surface area contributed by atoms with E-state index >= 15 is 0 Å². The average Bonchev–Trinajstić information content (AvgIpc) is 2.47. The highest BCUT2D eigenvalue weighted by atomic mass is 16.5. The molecule has 1 aliphatic heterocycles. The molecule has 2 rings (SSSR count). The summed E-state index contributed by atoms with van der Waals surface area (Å²) >= 11 is 0. The smallest absolute Gasteiger partial charge is 0.341 e. The highest BCUT2D eigenvalue weighted by Crippen LogP contribution is 2.29. The molecule has 2 unspecified atom stereocenters. The number of amides is 2. The zero-order valence-corrected chi connectivity index (χ0v) is 12.3. The molecular formula is C15H18N2O4. The van der Waals surface area contributed by atoms with Gasteiger partial charge in [0.2, 0.25) is 0 Å². The number of carbonyl (C=O) groups excluding carboxylic acids is 2. The molecule has 21 heavy (non-hydrogen) atoms. The molecule has 0 saturated carbocycles. The van der Waals surface area contributed by atoms with Gasteiger partial charge in [-0.05, 0) is 31.5 Å². The Morgan fingerprint density at radius 2 is 2.00 bits per heavy atom. The lowest BCUT2D eigenvalue weighted by molar-refractivity contribution is -0.143. The predicted molar refractivity (Wildman–Crippen MR) is 77.5 cm³/mol. The topological polar surface area (TPSA) is 77.0 Å². The van der Waals surface area contributed by atoms with Gasteiger partial charge in [0, 0.05) is 5.71 Å². The van der Waals surface area contributed by atoms with Crippen molar-refractivity contribution in [1.82, 2.24) is 5.32 Å². The van der Waals surface area contributed by atoms with E-state index in [4.69, 9.17) is 9.47 Å². The Labute approximate surface area is 123 Å². The Hall–Kier alpha value is -2.37. The van der Waals surface area contributed by atoms with Gasteiger partial charge in [0.25, 0.3) is 0 Å². The summed E-state index contributed by atoms with van der Waals surface area (Å²) in [5.41, 5.74) is 1.25. The van der Waals surface area contributed by atoms with Crippen LogP contribution in [0.15, 0.2) is 29.3 Å². The fourth-order valence-electron chi connectivity index (χ4n) is 2.37. The first-order chi connectivity index (χ1) is 10.1. The molecule has 0 bridgehead atoms. The van der Waals surface area contributed by atoms with Crippen LogP contribution >= 0.6 is 0 Å². The number of benzene rings is 1. The SMILES string of the molecule is CCOc1ccc(C2NC(=O)N=C(C)C2C(=O)OC)cc1. The molecule has 0 aliphatic carbocycles. The van der Waals surface area contributed by atoms with Gasteiger partial charge in [-0.15, -0.1) is 0 Å². The van der Waals surface area contributed by atoms with Crippen molar-refractivity contribution in [2.45, 2.75) is 19.9 Å². The van der Waals surface area contributed by atoms with E-state index in [0.717, 1.165) is 11.3 Å². The number of hydrogen-bond acceptors (Lipinski definition) is 4. The molecule has 1 aromatic rings. The second-order valence-corrected chi connectivity index (χ2v) is 4.68. The first-order valence-corrected chi connectivity index (χ1v) is 6.73. The van der Waals surface area contributed by atoms with Crippen LogP contribution in [0.1, 0.15) is 25.5 Å². The Balaban J connectivity index is 2.32. The molecule has 112 valence electrons. The Morgan fingerprint density at radius 3 is 2.57 bits per heavy atom. The minimum atomic E-state index is -0.620. The van der Waals surface area contributed by atoms with Crippen LogP contribution in [0, 0.1) is 5.92 Å². The van der Waals surface area contributed by atoms with Crippen molar-refractivity contribution in [1.29, 1.82) is 0 Å². The van der Waals surface area contributed by atoms with Crippen molar-refractivity contribution in [3.63, 3.8) is 0 Å². The fourth-order valence-corrected chi connectivity index (χ4v) is 2.37. The van der Waals surface area contributed by atoms with Crippen molar-refractivity contribution in [2.24, 2.45) is 10.9 Å². The monoisotopic (exact) mass is 290 g/mol. The zero-order chi connectivity index (χ0) is 15.4. The third kappa shape index (κ3) is 3.21. The lowest BCUT2D eigenvalue weighted by atomic mass is 9.88. The summed E-state index contributed by atoms with van der Waals surface area (Å²) < 4.78 is 10.2. The molecule has 1 aromatic carbocycles. The second kappa shape index (κ2) is 6.39. The number of ether oxygens (including phenoxy) is 2. The molecule has 1 heterocycles. The maximum Gasteiger partial charge on any atom is 0.341 e. The molecule has 0 spiro atoms. The number of carbonyl (C=O) groups is 2. The molecule has 0 radical (unpaired) electrons. The molecule has 1 aliphatic rings. The van der Waals surface area contributed by atoms with Gasteiger partial charge in [0.05, 0.1) is 19.8 Å². The van der Waals surface area contributed by atoms with Crippen LogP contribution in [0.2, 0.25) is 0 Å². The van der Waals surface area contributed by atoms with Crippen LogP contribution in [0.4, 0.5) is 4.79 Å². The van der Waals surface area contributed by atoms with Gasteiger partial charge in [-0.25, -0.2) is 9.79 Å². The summed E-state index contributed by atoms with van der Waals surface area (Å²) in [5, 5.41) is 2.71. The number of urea groups is 1. The summed E-state index contributed by atoms with van der Waals surface area (Å²) in [6.07, 6.45) is 0. The van der Waals surface area contributed by atoms with Crippen molar-refractivity contribution >= 4 is 17.7 Å². The van der Waals surface area contributed by atoms with E-state index in [1.807, 2.05) is 19.1 Å². The average molecular weight is 290 g/mol. The van der Waals surface area contributed by atoms with Gasteiger partial charge in [-0.2, -0.15) is 0 Å². The van der Waals surface area contributed by atoms with Gasteiger partial charge < -0.3 is 14.8 Å². The number of nitrogens with one attached hydrogen (secondary N) is 1. The van der Waals surface area contributed by atoms with Crippen LogP contribution in [0.3, 0.4) is 0 Å². The van der Waals surface area contributed by atoms with E-state index in [-0.39, 0.29) is 0 Å². The second-order valence-electron chi connectivity index (χ2n) is 4.68. The fraction of sp³-hybridized carbons (Fsp3) is 0.400. The largest absolute Gasteiger partial charge is 0.494 e. The Morgan fingerprint density at radius 1 is 1.33 bits per heavy atom. The number of aliphatic imine (C=N–C) groups is 1. The third-order valence-electron chi connectivity index (χ3n) is 3.35. The van der Waals surface area contributed by atoms with Crippen LogP contribution in [-0.2, 0) is 9.53 Å². The standard InChI is InChI=1S/C15H18N2O4/c1-4-21-11-7-5-10(6-8-11)13-12(14(18)20-3)9(2)16-15(19)17-13/h5-8,12-13H,4H2,1-3H3,(H,17,19). The first kappa shape index (κ1) is 15.0. The van der Waals surface area contributed by atoms with Crippen LogP contribution in [0.5, 0.6) is 5.75 Å². The molecule has 0 aromatic heterocycles. The Bertz CT molecular complexity index is 566.